The first-order chi connectivity index (χ1) is 9.31. The van der Waals surface area contributed by atoms with Gasteiger partial charge in [-0.1, -0.05) is 34.6 Å². The van der Waals surface area contributed by atoms with Gasteiger partial charge in [-0.15, -0.1) is 0 Å². The first-order valence-electron chi connectivity index (χ1n) is 7.67. The highest BCUT2D eigenvalue weighted by molar-refractivity contribution is 5.57. The van der Waals surface area contributed by atoms with E-state index in [4.69, 9.17) is 0 Å². The number of hydrogen-bond acceptors (Lipinski definition) is 4. The Morgan fingerprint density at radius 3 is 2.05 bits per heavy atom. The summed E-state index contributed by atoms with van der Waals surface area (Å²) in [7, 11) is 0. The van der Waals surface area contributed by atoms with E-state index in [1.165, 1.54) is 0 Å². The molecule has 0 atom stereocenters. The number of aromatic nitrogens is 2. The second kappa shape index (κ2) is 6.91. The van der Waals surface area contributed by atoms with Gasteiger partial charge in [0.15, 0.2) is 0 Å². The van der Waals surface area contributed by atoms with Gasteiger partial charge in [-0.3, -0.25) is 0 Å². The van der Waals surface area contributed by atoms with Crippen molar-refractivity contribution in [3.8, 4) is 0 Å². The predicted octanol–water partition coefficient (Wildman–Crippen LogP) is 3.87. The molecule has 0 spiro atoms. The molecule has 1 heterocycles. The second-order valence-corrected chi connectivity index (χ2v) is 6.34. The number of rotatable bonds is 7. The van der Waals surface area contributed by atoms with Crippen LogP contribution in [0.2, 0.25) is 0 Å². The molecule has 0 unspecified atom stereocenters. The molecule has 0 bridgehead atoms. The van der Waals surface area contributed by atoms with E-state index in [1.54, 1.807) is 0 Å². The van der Waals surface area contributed by atoms with E-state index < -0.39 is 0 Å². The topological polar surface area (TPSA) is 49.8 Å². The third-order valence-electron chi connectivity index (χ3n) is 4.13. The Morgan fingerprint density at radius 2 is 1.60 bits per heavy atom. The smallest absolute Gasteiger partial charge is 0.134 e. The van der Waals surface area contributed by atoms with Crippen molar-refractivity contribution < 1.29 is 0 Å². The summed E-state index contributed by atoms with van der Waals surface area (Å²) in [4.78, 5) is 9.19. The quantitative estimate of drug-likeness (QED) is 0.795. The molecule has 1 aromatic rings. The summed E-state index contributed by atoms with van der Waals surface area (Å²) < 4.78 is 0. The molecule has 1 aromatic heterocycles. The van der Waals surface area contributed by atoms with Crippen LogP contribution in [0.4, 0.5) is 11.6 Å². The molecule has 0 aliphatic carbocycles. The molecular formula is C16H30N4. The van der Waals surface area contributed by atoms with Gasteiger partial charge in [-0.2, -0.15) is 0 Å². The zero-order chi connectivity index (χ0) is 15.3. The van der Waals surface area contributed by atoms with Crippen LogP contribution in [0.1, 0.15) is 52.9 Å². The zero-order valence-corrected chi connectivity index (χ0v) is 14.1. The van der Waals surface area contributed by atoms with Gasteiger partial charge in [0.05, 0.1) is 0 Å². The van der Waals surface area contributed by atoms with Crippen LogP contribution in [-0.4, -0.2) is 23.1 Å². The summed E-state index contributed by atoms with van der Waals surface area (Å²) in [5.41, 5.74) is 1.34. The minimum atomic E-state index is 0.238. The molecule has 1 rings (SSSR count). The monoisotopic (exact) mass is 278 g/mol. The number of nitrogens with zero attached hydrogens (tertiary/aromatic N) is 2. The molecule has 114 valence electrons. The minimum Gasteiger partial charge on any atom is -0.370 e. The first-order valence-corrected chi connectivity index (χ1v) is 7.67. The summed E-state index contributed by atoms with van der Waals surface area (Å²) in [6.45, 7) is 17.1. The lowest BCUT2D eigenvalue weighted by Gasteiger charge is -2.30. The summed E-state index contributed by atoms with van der Waals surface area (Å²) in [5, 5.41) is 6.84. The van der Waals surface area contributed by atoms with Crippen LogP contribution in [0.5, 0.6) is 0 Å². The Hall–Kier alpha value is -1.32. The van der Waals surface area contributed by atoms with Crippen LogP contribution < -0.4 is 10.6 Å². The average molecular weight is 278 g/mol. The van der Waals surface area contributed by atoms with E-state index in [2.05, 4.69) is 69.1 Å². The molecule has 4 heteroatoms. The molecule has 2 N–H and O–H groups in total. The third kappa shape index (κ3) is 4.09. The Balaban J connectivity index is 2.96. The van der Waals surface area contributed by atoms with Gasteiger partial charge in [-0.25, -0.2) is 9.97 Å². The van der Waals surface area contributed by atoms with E-state index in [0.717, 1.165) is 42.5 Å². The highest BCUT2D eigenvalue weighted by Crippen LogP contribution is 2.27. The van der Waals surface area contributed by atoms with E-state index in [9.17, 15) is 0 Å². The maximum atomic E-state index is 4.63. The molecule has 20 heavy (non-hydrogen) atoms. The number of aryl methyl sites for hydroxylation is 1. The van der Waals surface area contributed by atoms with E-state index in [0.29, 0.717) is 5.92 Å². The van der Waals surface area contributed by atoms with Crippen molar-refractivity contribution in [2.24, 2.45) is 11.3 Å². The minimum absolute atomic E-state index is 0.238. The standard InChI is InChI=1S/C16H30N4/c1-8-13-19-14(17-9-2)12(5)15(20-13)18-10-16(6,7)11(3)4/h11H,8-10H2,1-7H3,(H2,17,18,19,20). The predicted molar refractivity (Wildman–Crippen MR) is 87.4 cm³/mol. The van der Waals surface area contributed by atoms with Crippen LogP contribution in [0.3, 0.4) is 0 Å². The maximum Gasteiger partial charge on any atom is 0.134 e. The summed E-state index contributed by atoms with van der Waals surface area (Å²) in [6, 6.07) is 0. The third-order valence-corrected chi connectivity index (χ3v) is 4.13. The van der Waals surface area contributed by atoms with E-state index >= 15 is 0 Å². The Kier molecular flexibility index (Phi) is 5.78. The van der Waals surface area contributed by atoms with Crippen molar-refractivity contribution in [2.45, 2.75) is 54.9 Å². The molecule has 0 fully saturated rings. The highest BCUT2D eigenvalue weighted by Gasteiger charge is 2.22. The maximum absolute atomic E-state index is 4.63. The van der Waals surface area contributed by atoms with E-state index in [-0.39, 0.29) is 5.41 Å². The fourth-order valence-electron chi connectivity index (χ4n) is 1.75. The fraction of sp³-hybridized carbons (Fsp3) is 0.750. The van der Waals surface area contributed by atoms with Crippen LogP contribution >= 0.6 is 0 Å². The summed E-state index contributed by atoms with van der Waals surface area (Å²) in [5.74, 6) is 3.41. The zero-order valence-electron chi connectivity index (χ0n) is 14.1. The molecule has 0 saturated heterocycles. The number of nitrogens with one attached hydrogen (secondary N) is 2. The number of hydrogen-bond donors (Lipinski definition) is 2. The highest BCUT2D eigenvalue weighted by atomic mass is 15.1. The molecule has 4 nitrogen and oxygen atoms in total. The lowest BCUT2D eigenvalue weighted by Crippen LogP contribution is -2.29. The van der Waals surface area contributed by atoms with Gasteiger partial charge >= 0.3 is 0 Å². The van der Waals surface area contributed by atoms with E-state index in [1.807, 2.05) is 0 Å². The van der Waals surface area contributed by atoms with Gasteiger partial charge in [0.1, 0.15) is 17.5 Å². The van der Waals surface area contributed by atoms with Gasteiger partial charge in [0.2, 0.25) is 0 Å². The van der Waals surface area contributed by atoms with Crippen LogP contribution in [-0.2, 0) is 6.42 Å². The molecule has 0 saturated carbocycles. The van der Waals surface area contributed by atoms with Gasteiger partial charge in [-0.05, 0) is 25.2 Å². The largest absolute Gasteiger partial charge is 0.370 e. The summed E-state index contributed by atoms with van der Waals surface area (Å²) >= 11 is 0. The van der Waals surface area contributed by atoms with Crippen LogP contribution in [0.25, 0.3) is 0 Å². The summed E-state index contributed by atoms with van der Waals surface area (Å²) in [6.07, 6.45) is 0.848. The molecular weight excluding hydrogens is 248 g/mol. The van der Waals surface area contributed by atoms with Crippen molar-refractivity contribution in [3.63, 3.8) is 0 Å². The second-order valence-electron chi connectivity index (χ2n) is 6.34. The van der Waals surface area contributed by atoms with Gasteiger partial charge in [0, 0.05) is 25.1 Å². The fourth-order valence-corrected chi connectivity index (χ4v) is 1.75. The first kappa shape index (κ1) is 16.7. The Labute approximate surface area is 123 Å². The van der Waals surface area contributed by atoms with Crippen molar-refractivity contribution in [2.75, 3.05) is 23.7 Å². The van der Waals surface area contributed by atoms with Crippen molar-refractivity contribution in [3.05, 3.63) is 11.4 Å². The Morgan fingerprint density at radius 1 is 1.05 bits per heavy atom. The molecule has 0 amide bonds. The van der Waals surface area contributed by atoms with Crippen LogP contribution in [0.15, 0.2) is 0 Å². The molecule has 0 aromatic carbocycles. The molecule has 0 aliphatic heterocycles. The van der Waals surface area contributed by atoms with Gasteiger partial charge in [0.25, 0.3) is 0 Å². The molecule has 0 radical (unpaired) electrons. The lowest BCUT2D eigenvalue weighted by molar-refractivity contribution is 0.269. The normalized spacial score (nSPS) is 11.8. The van der Waals surface area contributed by atoms with Crippen LogP contribution in [0, 0.1) is 18.3 Å². The lowest BCUT2D eigenvalue weighted by atomic mass is 9.81. The van der Waals surface area contributed by atoms with Crippen molar-refractivity contribution in [1.29, 1.82) is 0 Å². The molecule has 0 aliphatic rings. The SMILES string of the molecule is CCNc1nc(CC)nc(NCC(C)(C)C(C)C)c1C. The van der Waals surface area contributed by atoms with Gasteiger partial charge < -0.3 is 10.6 Å². The number of anilines is 2. The Bertz CT molecular complexity index is 438. The van der Waals surface area contributed by atoms with Crippen molar-refractivity contribution >= 4 is 11.6 Å². The van der Waals surface area contributed by atoms with Crippen molar-refractivity contribution in [1.82, 2.24) is 9.97 Å². The average Bonchev–Trinajstić information content (AvgIpc) is 2.39.